The van der Waals surface area contributed by atoms with Gasteiger partial charge in [0.05, 0.1) is 11.2 Å². The molecule has 11 heavy (non-hydrogen) atoms. The van der Waals surface area contributed by atoms with E-state index in [1.165, 1.54) is 24.3 Å². The van der Waals surface area contributed by atoms with Crippen LogP contribution < -0.4 is 4.74 Å². The Labute approximate surface area is 68.3 Å². The summed E-state index contributed by atoms with van der Waals surface area (Å²) >= 11 is 0. The van der Waals surface area contributed by atoms with Crippen molar-refractivity contribution >= 4 is 5.69 Å². The van der Waals surface area contributed by atoms with E-state index in [1.54, 1.807) is 0 Å². The Kier molecular flexibility index (Phi) is 1.35. The molecule has 0 aliphatic rings. The number of nitrogens with zero attached hydrogens (tertiary/aromatic N) is 3. The van der Waals surface area contributed by atoms with Gasteiger partial charge in [0.2, 0.25) is 0 Å². The number of azide groups is 1. The number of rotatable bonds is 2. The summed E-state index contributed by atoms with van der Waals surface area (Å²) in [5, 5.41) is 3.33. The zero-order valence-corrected chi connectivity index (χ0v) is 5.56. The summed E-state index contributed by atoms with van der Waals surface area (Å²) in [4.78, 5) is 2.58. The highest BCUT2D eigenvalue weighted by molar-refractivity contribution is 5.40. The molecule has 1 aromatic carbocycles. The molecule has 0 fully saturated rings. The van der Waals surface area contributed by atoms with Crippen molar-refractivity contribution < 1.29 is 8.85 Å². The average molecular weight is 152 g/mol. The predicted molar refractivity (Wildman–Crippen MR) is 41.8 cm³/mol. The summed E-state index contributed by atoms with van der Waals surface area (Å²) in [5.41, 5.74) is 8.52. The highest BCUT2D eigenvalue weighted by Gasteiger charge is 1.88. The van der Waals surface area contributed by atoms with E-state index < -0.39 is 7.04 Å². The Hall–Kier alpha value is -1.67. The zero-order valence-electron chi connectivity index (χ0n) is 8.56. The zero-order chi connectivity index (χ0) is 10.6. The number of ether oxygens (including phenoxy) is 1. The molecule has 0 saturated heterocycles. The maximum atomic E-state index is 8.11. The van der Waals surface area contributed by atoms with Gasteiger partial charge in [-0.25, -0.2) is 0 Å². The van der Waals surface area contributed by atoms with E-state index in [4.69, 9.17) is 9.64 Å². The minimum atomic E-state index is -2.46. The van der Waals surface area contributed by atoms with E-state index in [0.717, 1.165) is 0 Å². The van der Waals surface area contributed by atoms with E-state index in [9.17, 15) is 0 Å². The Morgan fingerprint density at radius 2 is 2.27 bits per heavy atom. The molecule has 0 atom stereocenters. The fourth-order valence-electron chi connectivity index (χ4n) is 0.632. The molecule has 0 saturated carbocycles. The summed E-state index contributed by atoms with van der Waals surface area (Å²) < 4.78 is 25.1. The van der Waals surface area contributed by atoms with E-state index in [0.29, 0.717) is 5.69 Å². The second kappa shape index (κ2) is 3.49. The first-order valence-electron chi connectivity index (χ1n) is 4.35. The highest BCUT2D eigenvalue weighted by Crippen LogP contribution is 2.17. The molecule has 0 unspecified atom stereocenters. The molecule has 4 nitrogen and oxygen atoms in total. The molecule has 0 spiro atoms. The Balaban J connectivity index is 2.78. The molecular weight excluding hydrogens is 142 g/mol. The molecule has 0 N–H and O–H groups in total. The first-order valence-corrected chi connectivity index (χ1v) is 2.85. The smallest absolute Gasteiger partial charge is 0.118 e. The predicted octanol–water partition coefficient (Wildman–Crippen LogP) is 2.64. The number of benzene rings is 1. The first-order chi connectivity index (χ1) is 6.51. The van der Waals surface area contributed by atoms with Crippen molar-refractivity contribution in [2.45, 2.75) is 0 Å². The van der Waals surface area contributed by atoms with Crippen molar-refractivity contribution in [1.29, 1.82) is 0 Å². The average Bonchev–Trinajstić information content (AvgIpc) is 2.06. The van der Waals surface area contributed by atoms with Gasteiger partial charge in [-0.05, 0) is 29.8 Å². The Bertz CT molecular complexity index is 353. The summed E-state index contributed by atoms with van der Waals surface area (Å²) in [6.07, 6.45) is 0. The second-order valence-corrected chi connectivity index (χ2v) is 1.79. The van der Waals surface area contributed by atoms with Gasteiger partial charge in [0.25, 0.3) is 0 Å². The van der Waals surface area contributed by atoms with Crippen molar-refractivity contribution in [2.24, 2.45) is 5.11 Å². The molecule has 56 valence electrons. The van der Waals surface area contributed by atoms with Crippen LogP contribution >= 0.6 is 0 Å². The van der Waals surface area contributed by atoms with Crippen LogP contribution in [0.25, 0.3) is 10.4 Å². The van der Waals surface area contributed by atoms with Crippen LogP contribution in [0.3, 0.4) is 0 Å². The lowest BCUT2D eigenvalue weighted by molar-refractivity contribution is 0.415. The lowest BCUT2D eigenvalue weighted by Crippen LogP contribution is -1.79. The van der Waals surface area contributed by atoms with Crippen LogP contribution in [0.2, 0.25) is 0 Å². The van der Waals surface area contributed by atoms with Crippen molar-refractivity contribution in [2.75, 3.05) is 7.04 Å². The molecule has 4 heteroatoms. The standard InChI is InChI=1S/C7H7N3O/c1-11-7-4-2-6(3-5-7)9-10-8/h2-5H,1H3/i1D3. The van der Waals surface area contributed by atoms with Gasteiger partial charge in [-0.2, -0.15) is 0 Å². The maximum absolute atomic E-state index is 8.11. The first kappa shape index (κ1) is 4.26. The second-order valence-electron chi connectivity index (χ2n) is 1.79. The molecule has 0 bridgehead atoms. The summed E-state index contributed by atoms with van der Waals surface area (Å²) in [7, 11) is -2.46. The molecule has 0 aromatic heterocycles. The molecule has 0 heterocycles. The van der Waals surface area contributed by atoms with E-state index in [-0.39, 0.29) is 5.75 Å². The summed E-state index contributed by atoms with van der Waals surface area (Å²) in [5.74, 6) is 0.210. The molecule has 0 amide bonds. The largest absolute Gasteiger partial charge is 0.497 e. The third-order valence-corrected chi connectivity index (χ3v) is 1.11. The lowest BCUT2D eigenvalue weighted by atomic mass is 10.3. The van der Waals surface area contributed by atoms with Gasteiger partial charge in [-0.1, -0.05) is 5.11 Å². The van der Waals surface area contributed by atoms with E-state index >= 15 is 0 Å². The van der Waals surface area contributed by atoms with Crippen LogP contribution in [0.1, 0.15) is 4.11 Å². The minimum absolute atomic E-state index is 0.210. The Morgan fingerprint density at radius 1 is 1.55 bits per heavy atom. The topological polar surface area (TPSA) is 58.0 Å². The van der Waals surface area contributed by atoms with Gasteiger partial charge in [0.1, 0.15) is 5.75 Å². The van der Waals surface area contributed by atoms with Crippen LogP contribution in [0, 0.1) is 0 Å². The summed E-state index contributed by atoms with van der Waals surface area (Å²) in [6, 6.07) is 5.80. The highest BCUT2D eigenvalue weighted by atomic mass is 16.5. The van der Waals surface area contributed by atoms with Gasteiger partial charge in [0.15, 0.2) is 0 Å². The van der Waals surface area contributed by atoms with Crippen LogP contribution in [0.15, 0.2) is 29.4 Å². The van der Waals surface area contributed by atoms with Crippen molar-refractivity contribution in [3.05, 3.63) is 34.7 Å². The molecule has 1 rings (SSSR count). The van der Waals surface area contributed by atoms with Gasteiger partial charge in [-0.3, -0.25) is 0 Å². The van der Waals surface area contributed by atoms with Crippen LogP contribution in [0.4, 0.5) is 5.69 Å². The van der Waals surface area contributed by atoms with Gasteiger partial charge >= 0.3 is 0 Å². The molecular formula is C7H7N3O. The quantitative estimate of drug-likeness (QED) is 0.365. The Morgan fingerprint density at radius 3 is 2.82 bits per heavy atom. The fourth-order valence-corrected chi connectivity index (χ4v) is 0.632. The molecule has 1 aromatic rings. The lowest BCUT2D eigenvalue weighted by Gasteiger charge is -1.97. The SMILES string of the molecule is [2H]C([2H])([2H])Oc1ccc(N=[N+]=[N-])cc1. The van der Waals surface area contributed by atoms with Crippen molar-refractivity contribution in [3.8, 4) is 5.75 Å². The number of hydrogen-bond donors (Lipinski definition) is 0. The third kappa shape index (κ3) is 1.88. The molecule has 0 aliphatic carbocycles. The number of methoxy groups -OCH3 is 1. The minimum Gasteiger partial charge on any atom is -0.497 e. The number of hydrogen-bond acceptors (Lipinski definition) is 2. The fraction of sp³-hybridized carbons (Fsp3) is 0.143. The van der Waals surface area contributed by atoms with Crippen molar-refractivity contribution in [3.63, 3.8) is 0 Å². The molecule has 0 radical (unpaired) electrons. The van der Waals surface area contributed by atoms with Crippen molar-refractivity contribution in [1.82, 2.24) is 0 Å². The van der Waals surface area contributed by atoms with Crippen LogP contribution in [-0.4, -0.2) is 7.04 Å². The summed E-state index contributed by atoms with van der Waals surface area (Å²) in [6.45, 7) is 0. The third-order valence-electron chi connectivity index (χ3n) is 1.11. The van der Waals surface area contributed by atoms with E-state index in [1.807, 2.05) is 0 Å². The van der Waals surface area contributed by atoms with Gasteiger partial charge < -0.3 is 4.74 Å². The van der Waals surface area contributed by atoms with E-state index in [2.05, 4.69) is 14.8 Å². The maximum Gasteiger partial charge on any atom is 0.118 e. The van der Waals surface area contributed by atoms with Crippen LogP contribution in [-0.2, 0) is 0 Å². The van der Waals surface area contributed by atoms with Crippen LogP contribution in [0.5, 0.6) is 5.75 Å². The molecule has 0 aliphatic heterocycles. The van der Waals surface area contributed by atoms with Gasteiger partial charge in [0, 0.05) is 10.6 Å². The van der Waals surface area contributed by atoms with Gasteiger partial charge in [-0.15, -0.1) is 0 Å². The normalized spacial score (nSPS) is 13.6. The monoisotopic (exact) mass is 152 g/mol.